The largest absolute Gasteiger partial charge is 0.379 e. The van der Waals surface area contributed by atoms with Crippen molar-refractivity contribution in [1.29, 1.82) is 0 Å². The fourth-order valence-corrected chi connectivity index (χ4v) is 2.30. The number of aromatic nitrogens is 1. The van der Waals surface area contributed by atoms with Crippen molar-refractivity contribution in [2.45, 2.75) is 20.4 Å². The van der Waals surface area contributed by atoms with Gasteiger partial charge in [-0.05, 0) is 25.5 Å². The van der Waals surface area contributed by atoms with Crippen molar-refractivity contribution in [3.63, 3.8) is 0 Å². The van der Waals surface area contributed by atoms with E-state index in [1.54, 1.807) is 18.5 Å². The lowest BCUT2D eigenvalue weighted by Crippen LogP contribution is -2.03. The Bertz CT molecular complexity index is 567. The summed E-state index contributed by atoms with van der Waals surface area (Å²) in [4.78, 5) is 14.7. The fraction of sp³-hybridized carbons (Fsp3) is 0.250. The summed E-state index contributed by atoms with van der Waals surface area (Å²) < 4.78 is 0. The van der Waals surface area contributed by atoms with E-state index in [-0.39, 0.29) is 10.6 Å². The first-order valence-corrected chi connectivity index (χ1v) is 6.39. The van der Waals surface area contributed by atoms with Crippen LogP contribution in [0.1, 0.15) is 16.8 Å². The molecule has 2 aromatic rings. The highest BCUT2D eigenvalue weighted by Crippen LogP contribution is 2.26. The molecule has 0 aliphatic rings. The van der Waals surface area contributed by atoms with Crippen molar-refractivity contribution in [2.75, 3.05) is 5.32 Å². The van der Waals surface area contributed by atoms with Crippen LogP contribution in [0.4, 0.5) is 11.4 Å². The van der Waals surface area contributed by atoms with Gasteiger partial charge in [-0.2, -0.15) is 0 Å². The minimum Gasteiger partial charge on any atom is -0.379 e. The Morgan fingerprint density at radius 2 is 2.17 bits per heavy atom. The van der Waals surface area contributed by atoms with Gasteiger partial charge >= 0.3 is 0 Å². The van der Waals surface area contributed by atoms with Gasteiger partial charge in [-0.15, -0.1) is 11.3 Å². The number of anilines is 1. The Kier molecular flexibility index (Phi) is 3.57. The van der Waals surface area contributed by atoms with E-state index in [4.69, 9.17) is 0 Å². The van der Waals surface area contributed by atoms with E-state index in [1.165, 1.54) is 11.3 Å². The van der Waals surface area contributed by atoms with Crippen LogP contribution in [0.25, 0.3) is 0 Å². The van der Waals surface area contributed by atoms with Gasteiger partial charge in [-0.25, -0.2) is 4.98 Å². The highest BCUT2D eigenvalue weighted by molar-refractivity contribution is 7.07. The smallest absolute Gasteiger partial charge is 0.274 e. The number of nitrogens with zero attached hydrogens (tertiary/aromatic N) is 2. The number of hydrogen-bond donors (Lipinski definition) is 1. The lowest BCUT2D eigenvalue weighted by Gasteiger charge is -2.09. The second kappa shape index (κ2) is 5.14. The van der Waals surface area contributed by atoms with Crippen molar-refractivity contribution in [3.05, 3.63) is 50.0 Å². The molecule has 18 heavy (non-hydrogen) atoms. The summed E-state index contributed by atoms with van der Waals surface area (Å²) in [5, 5.41) is 16.0. The first-order chi connectivity index (χ1) is 8.58. The molecule has 2 rings (SSSR count). The molecule has 0 aliphatic carbocycles. The lowest BCUT2D eigenvalue weighted by molar-refractivity contribution is -0.385. The van der Waals surface area contributed by atoms with Gasteiger partial charge in [0.2, 0.25) is 0 Å². The van der Waals surface area contributed by atoms with E-state index in [0.29, 0.717) is 12.1 Å². The second-order valence-electron chi connectivity index (χ2n) is 4.04. The molecule has 0 atom stereocenters. The van der Waals surface area contributed by atoms with Crippen LogP contribution in [0.15, 0.2) is 23.0 Å². The van der Waals surface area contributed by atoms with E-state index in [9.17, 15) is 10.1 Å². The summed E-state index contributed by atoms with van der Waals surface area (Å²) in [7, 11) is 0. The van der Waals surface area contributed by atoms with Gasteiger partial charge in [0.1, 0.15) is 0 Å². The summed E-state index contributed by atoms with van der Waals surface area (Å²) in [5.41, 5.74) is 5.29. The van der Waals surface area contributed by atoms with Gasteiger partial charge in [0, 0.05) is 22.7 Å². The maximum absolute atomic E-state index is 10.9. The molecule has 1 heterocycles. The number of nitrogens with one attached hydrogen (secondary N) is 1. The van der Waals surface area contributed by atoms with Gasteiger partial charge in [0.25, 0.3) is 5.69 Å². The molecular formula is C12H13N3O2S. The third kappa shape index (κ3) is 2.65. The van der Waals surface area contributed by atoms with Crippen LogP contribution >= 0.6 is 11.3 Å². The van der Waals surface area contributed by atoms with Crippen molar-refractivity contribution in [1.82, 2.24) is 4.98 Å². The monoisotopic (exact) mass is 263 g/mol. The van der Waals surface area contributed by atoms with Crippen molar-refractivity contribution < 1.29 is 4.92 Å². The second-order valence-corrected chi connectivity index (χ2v) is 4.76. The molecule has 0 radical (unpaired) electrons. The highest BCUT2D eigenvalue weighted by Gasteiger charge is 2.13. The predicted molar refractivity (Wildman–Crippen MR) is 72.0 cm³/mol. The molecule has 0 unspecified atom stereocenters. The third-order valence-electron chi connectivity index (χ3n) is 2.68. The topological polar surface area (TPSA) is 68.1 Å². The van der Waals surface area contributed by atoms with Crippen molar-refractivity contribution in [3.8, 4) is 0 Å². The summed E-state index contributed by atoms with van der Waals surface area (Å²) >= 11 is 1.53. The molecule has 0 bridgehead atoms. The Balaban J connectivity index is 2.22. The number of rotatable bonds is 4. The Morgan fingerprint density at radius 3 is 2.78 bits per heavy atom. The maximum atomic E-state index is 10.9. The highest BCUT2D eigenvalue weighted by atomic mass is 32.1. The Morgan fingerprint density at radius 1 is 1.39 bits per heavy atom. The van der Waals surface area contributed by atoms with Crippen LogP contribution in [0.2, 0.25) is 0 Å². The minimum atomic E-state index is -0.358. The number of nitro groups is 1. The zero-order valence-corrected chi connectivity index (χ0v) is 11.0. The van der Waals surface area contributed by atoms with Crippen LogP contribution < -0.4 is 5.32 Å². The molecule has 0 spiro atoms. The summed E-state index contributed by atoms with van der Waals surface area (Å²) in [6, 6.07) is 3.40. The van der Waals surface area contributed by atoms with Gasteiger partial charge in [-0.3, -0.25) is 10.1 Å². The number of thiazole rings is 1. The average Bonchev–Trinajstić information content (AvgIpc) is 2.80. The molecule has 94 valence electrons. The number of nitro benzene ring substituents is 1. The molecule has 0 amide bonds. The molecule has 0 saturated heterocycles. The van der Waals surface area contributed by atoms with Crippen LogP contribution in [-0.2, 0) is 6.54 Å². The van der Waals surface area contributed by atoms with Crippen molar-refractivity contribution in [2.24, 2.45) is 0 Å². The zero-order chi connectivity index (χ0) is 13.1. The third-order valence-corrected chi connectivity index (χ3v) is 3.32. The fourth-order valence-electron chi connectivity index (χ4n) is 1.74. The molecule has 5 nitrogen and oxygen atoms in total. The van der Waals surface area contributed by atoms with Gasteiger partial charge < -0.3 is 5.32 Å². The van der Waals surface area contributed by atoms with E-state index < -0.39 is 0 Å². The zero-order valence-electron chi connectivity index (χ0n) is 10.1. The molecular weight excluding hydrogens is 250 g/mol. The number of aryl methyl sites for hydroxylation is 2. The van der Waals surface area contributed by atoms with Crippen LogP contribution in [0.5, 0.6) is 0 Å². The van der Waals surface area contributed by atoms with E-state index in [0.717, 1.165) is 16.9 Å². The van der Waals surface area contributed by atoms with E-state index in [1.807, 2.05) is 18.4 Å². The van der Waals surface area contributed by atoms with Crippen molar-refractivity contribution >= 4 is 22.7 Å². The number of benzene rings is 1. The van der Waals surface area contributed by atoms with Crippen LogP contribution in [0.3, 0.4) is 0 Å². The quantitative estimate of drug-likeness (QED) is 0.679. The van der Waals surface area contributed by atoms with Gasteiger partial charge in [0.05, 0.1) is 22.7 Å². The summed E-state index contributed by atoms with van der Waals surface area (Å²) in [5.74, 6) is 0. The molecule has 0 fully saturated rings. The average molecular weight is 263 g/mol. The SMILES string of the molecule is Cc1cc(C)c([N+](=O)[O-])cc1NCc1cscn1. The molecule has 1 N–H and O–H groups in total. The molecule has 1 aromatic heterocycles. The Labute approximate surface area is 109 Å². The predicted octanol–water partition coefficient (Wildman–Crippen LogP) is 3.28. The lowest BCUT2D eigenvalue weighted by atomic mass is 10.1. The minimum absolute atomic E-state index is 0.140. The first kappa shape index (κ1) is 12.5. The normalized spacial score (nSPS) is 10.3. The number of hydrogen-bond acceptors (Lipinski definition) is 5. The molecule has 1 aromatic carbocycles. The summed E-state index contributed by atoms with van der Waals surface area (Å²) in [6.45, 7) is 4.25. The van der Waals surface area contributed by atoms with E-state index in [2.05, 4.69) is 10.3 Å². The molecule has 0 saturated carbocycles. The van der Waals surface area contributed by atoms with Gasteiger partial charge in [-0.1, -0.05) is 0 Å². The molecule has 6 heteroatoms. The van der Waals surface area contributed by atoms with Crippen LogP contribution in [-0.4, -0.2) is 9.91 Å². The first-order valence-electron chi connectivity index (χ1n) is 5.44. The summed E-state index contributed by atoms with van der Waals surface area (Å²) in [6.07, 6.45) is 0. The van der Waals surface area contributed by atoms with E-state index >= 15 is 0 Å². The van der Waals surface area contributed by atoms with Crippen LogP contribution in [0, 0.1) is 24.0 Å². The molecule has 0 aliphatic heterocycles. The maximum Gasteiger partial charge on any atom is 0.274 e. The standard InChI is InChI=1S/C12H13N3O2S/c1-8-3-9(2)12(15(16)17)4-11(8)13-5-10-6-18-7-14-10/h3-4,6-7,13H,5H2,1-2H3. The van der Waals surface area contributed by atoms with Gasteiger partial charge in [0.15, 0.2) is 0 Å². The Hall–Kier alpha value is -1.95.